The lowest BCUT2D eigenvalue weighted by Crippen LogP contribution is -2.49. The van der Waals surface area contributed by atoms with E-state index in [2.05, 4.69) is 5.32 Å². The lowest BCUT2D eigenvalue weighted by molar-refractivity contribution is -0.132. The highest BCUT2D eigenvalue weighted by molar-refractivity contribution is 5.89. The SMILES string of the molecule is CC(C)OC(=O)N1CCC(NC(=O)C2CC3CCC(C2)C3=O)CC1. The third-order valence-electron chi connectivity index (χ3n) is 5.61. The summed E-state index contributed by atoms with van der Waals surface area (Å²) in [5.41, 5.74) is 0. The van der Waals surface area contributed by atoms with E-state index in [1.807, 2.05) is 13.8 Å². The molecular formula is C18H28N2O4. The molecule has 1 saturated heterocycles. The molecule has 3 aliphatic rings. The number of ether oxygens (including phenoxy) is 1. The Morgan fingerprint density at radius 1 is 1.08 bits per heavy atom. The highest BCUT2D eigenvalue weighted by Crippen LogP contribution is 2.42. The maximum absolute atomic E-state index is 12.5. The van der Waals surface area contributed by atoms with Crippen LogP contribution in [0, 0.1) is 17.8 Å². The molecule has 0 aromatic heterocycles. The van der Waals surface area contributed by atoms with Crippen molar-refractivity contribution in [2.45, 2.75) is 64.5 Å². The van der Waals surface area contributed by atoms with Crippen molar-refractivity contribution in [3.05, 3.63) is 0 Å². The molecule has 2 saturated carbocycles. The summed E-state index contributed by atoms with van der Waals surface area (Å²) in [5, 5.41) is 3.14. The van der Waals surface area contributed by atoms with E-state index >= 15 is 0 Å². The molecule has 2 bridgehead atoms. The van der Waals surface area contributed by atoms with Crippen LogP contribution in [0.2, 0.25) is 0 Å². The van der Waals surface area contributed by atoms with Crippen LogP contribution in [0.4, 0.5) is 4.79 Å². The minimum Gasteiger partial charge on any atom is -0.447 e. The minimum atomic E-state index is -0.267. The second kappa shape index (κ2) is 7.11. The molecule has 24 heavy (non-hydrogen) atoms. The number of piperidine rings is 1. The quantitative estimate of drug-likeness (QED) is 0.856. The molecule has 0 spiro atoms. The van der Waals surface area contributed by atoms with Crippen LogP contribution < -0.4 is 5.32 Å². The van der Waals surface area contributed by atoms with Gasteiger partial charge in [-0.1, -0.05) is 0 Å². The zero-order valence-corrected chi connectivity index (χ0v) is 14.6. The first kappa shape index (κ1) is 17.2. The Kier molecular flexibility index (Phi) is 5.11. The van der Waals surface area contributed by atoms with Crippen LogP contribution in [0.1, 0.15) is 52.4 Å². The topological polar surface area (TPSA) is 75.7 Å². The second-order valence-corrected chi connectivity index (χ2v) is 7.74. The molecule has 2 unspecified atom stereocenters. The van der Waals surface area contributed by atoms with E-state index in [4.69, 9.17) is 4.74 Å². The normalized spacial score (nSPS) is 30.5. The minimum absolute atomic E-state index is 0.0101. The van der Waals surface area contributed by atoms with Gasteiger partial charge in [0.15, 0.2) is 0 Å². The summed E-state index contributed by atoms with van der Waals surface area (Å²) in [7, 11) is 0. The van der Waals surface area contributed by atoms with Crippen LogP contribution in [-0.4, -0.2) is 47.9 Å². The van der Waals surface area contributed by atoms with Gasteiger partial charge in [-0.05, 0) is 52.4 Å². The number of hydrogen-bond donors (Lipinski definition) is 1. The van der Waals surface area contributed by atoms with Gasteiger partial charge in [0.1, 0.15) is 5.78 Å². The van der Waals surface area contributed by atoms with Crippen LogP contribution in [-0.2, 0) is 14.3 Å². The molecule has 0 aromatic carbocycles. The molecule has 0 radical (unpaired) electrons. The number of likely N-dealkylation sites (tertiary alicyclic amines) is 1. The van der Waals surface area contributed by atoms with Gasteiger partial charge in [-0.3, -0.25) is 9.59 Å². The summed E-state index contributed by atoms with van der Waals surface area (Å²) >= 11 is 0. The van der Waals surface area contributed by atoms with Crippen molar-refractivity contribution in [2.75, 3.05) is 13.1 Å². The summed E-state index contributed by atoms with van der Waals surface area (Å²) in [6.07, 6.45) is 4.51. The number of rotatable bonds is 3. The average Bonchev–Trinajstić information content (AvgIpc) is 2.75. The van der Waals surface area contributed by atoms with E-state index in [0.717, 1.165) is 38.5 Å². The third kappa shape index (κ3) is 3.73. The van der Waals surface area contributed by atoms with Crippen molar-refractivity contribution < 1.29 is 19.1 Å². The molecule has 3 fully saturated rings. The Balaban J connectivity index is 1.44. The second-order valence-electron chi connectivity index (χ2n) is 7.74. The summed E-state index contributed by atoms with van der Waals surface area (Å²) in [4.78, 5) is 38.1. The smallest absolute Gasteiger partial charge is 0.410 e. The number of carbonyl (C=O) groups is 3. The molecular weight excluding hydrogens is 308 g/mol. The summed E-state index contributed by atoms with van der Waals surface area (Å²) in [5.74, 6) is 0.710. The number of ketones is 1. The van der Waals surface area contributed by atoms with Gasteiger partial charge >= 0.3 is 6.09 Å². The fourth-order valence-electron chi connectivity index (χ4n) is 4.29. The fraction of sp³-hybridized carbons (Fsp3) is 0.833. The maximum atomic E-state index is 12.5. The zero-order chi connectivity index (χ0) is 17.3. The molecule has 1 heterocycles. The summed E-state index contributed by atoms with van der Waals surface area (Å²) in [6, 6.07) is 0.121. The number of fused-ring (bicyclic) bond motifs is 2. The predicted octanol–water partition coefficient (Wildman–Crippen LogP) is 2.12. The van der Waals surface area contributed by atoms with Gasteiger partial charge in [-0.2, -0.15) is 0 Å². The van der Waals surface area contributed by atoms with Crippen molar-refractivity contribution in [3.63, 3.8) is 0 Å². The first-order valence-electron chi connectivity index (χ1n) is 9.23. The third-order valence-corrected chi connectivity index (χ3v) is 5.61. The van der Waals surface area contributed by atoms with Gasteiger partial charge in [-0.15, -0.1) is 0 Å². The number of nitrogens with one attached hydrogen (secondary N) is 1. The van der Waals surface area contributed by atoms with Gasteiger partial charge in [-0.25, -0.2) is 4.79 Å². The number of Topliss-reactive ketones (excluding diaryl/α,β-unsaturated/α-hetero) is 1. The number of carbonyl (C=O) groups excluding carboxylic acids is 3. The van der Waals surface area contributed by atoms with Crippen LogP contribution in [0.5, 0.6) is 0 Å². The van der Waals surface area contributed by atoms with E-state index in [1.165, 1.54) is 0 Å². The Morgan fingerprint density at radius 3 is 2.21 bits per heavy atom. The molecule has 1 aliphatic heterocycles. The standard InChI is InChI=1S/C18H28N2O4/c1-11(2)24-18(23)20-7-5-15(6-8-20)19-17(22)14-9-12-3-4-13(10-14)16(12)21/h11-15H,3-10H2,1-2H3,(H,19,22). The molecule has 6 heteroatoms. The summed E-state index contributed by atoms with van der Waals surface area (Å²) in [6.45, 7) is 4.91. The van der Waals surface area contributed by atoms with Gasteiger partial charge in [0.25, 0.3) is 0 Å². The fourth-order valence-corrected chi connectivity index (χ4v) is 4.29. The molecule has 3 rings (SSSR count). The highest BCUT2D eigenvalue weighted by atomic mass is 16.6. The largest absolute Gasteiger partial charge is 0.447 e. The predicted molar refractivity (Wildman–Crippen MR) is 88.3 cm³/mol. The lowest BCUT2D eigenvalue weighted by atomic mass is 9.79. The Bertz CT molecular complexity index is 495. The van der Waals surface area contributed by atoms with Crippen molar-refractivity contribution in [2.24, 2.45) is 17.8 Å². The Hall–Kier alpha value is -1.59. The van der Waals surface area contributed by atoms with Gasteiger partial charge in [0.2, 0.25) is 5.91 Å². The van der Waals surface area contributed by atoms with Crippen LogP contribution >= 0.6 is 0 Å². The van der Waals surface area contributed by atoms with E-state index in [0.29, 0.717) is 18.9 Å². The molecule has 6 nitrogen and oxygen atoms in total. The van der Waals surface area contributed by atoms with Crippen LogP contribution in [0.15, 0.2) is 0 Å². The highest BCUT2D eigenvalue weighted by Gasteiger charge is 2.43. The first-order valence-corrected chi connectivity index (χ1v) is 9.23. The van der Waals surface area contributed by atoms with Gasteiger partial charge in [0.05, 0.1) is 6.10 Å². The van der Waals surface area contributed by atoms with Crippen molar-refractivity contribution in [1.29, 1.82) is 0 Å². The monoisotopic (exact) mass is 336 g/mol. The van der Waals surface area contributed by atoms with Crippen molar-refractivity contribution >= 4 is 17.8 Å². The van der Waals surface area contributed by atoms with E-state index in [9.17, 15) is 14.4 Å². The van der Waals surface area contributed by atoms with Crippen molar-refractivity contribution in [3.8, 4) is 0 Å². The van der Waals surface area contributed by atoms with E-state index in [-0.39, 0.29) is 41.9 Å². The molecule has 1 N–H and O–H groups in total. The van der Waals surface area contributed by atoms with Crippen LogP contribution in [0.25, 0.3) is 0 Å². The lowest BCUT2D eigenvalue weighted by Gasteiger charge is -2.33. The van der Waals surface area contributed by atoms with E-state index < -0.39 is 0 Å². The first-order chi connectivity index (χ1) is 11.4. The van der Waals surface area contributed by atoms with Gasteiger partial charge in [0, 0.05) is 36.9 Å². The molecule has 2 aliphatic carbocycles. The van der Waals surface area contributed by atoms with Crippen molar-refractivity contribution in [1.82, 2.24) is 10.2 Å². The molecule has 134 valence electrons. The number of nitrogens with zero attached hydrogens (tertiary/aromatic N) is 1. The molecule has 0 aromatic rings. The van der Waals surface area contributed by atoms with Gasteiger partial charge < -0.3 is 15.0 Å². The number of amides is 2. The Morgan fingerprint density at radius 2 is 1.67 bits per heavy atom. The molecule has 2 amide bonds. The number of hydrogen-bond acceptors (Lipinski definition) is 4. The summed E-state index contributed by atoms with van der Waals surface area (Å²) < 4.78 is 5.21. The van der Waals surface area contributed by atoms with E-state index in [1.54, 1.807) is 4.90 Å². The van der Waals surface area contributed by atoms with Crippen LogP contribution in [0.3, 0.4) is 0 Å². The Labute approximate surface area is 143 Å². The average molecular weight is 336 g/mol. The zero-order valence-electron chi connectivity index (χ0n) is 14.6. The molecule has 2 atom stereocenters. The maximum Gasteiger partial charge on any atom is 0.410 e.